The Balaban J connectivity index is 2.06. The van der Waals surface area contributed by atoms with Gasteiger partial charge in [0.1, 0.15) is 0 Å². The third-order valence-electron chi connectivity index (χ3n) is 3.62. The van der Waals surface area contributed by atoms with Gasteiger partial charge >= 0.3 is 0 Å². The van der Waals surface area contributed by atoms with Gasteiger partial charge in [0, 0.05) is 17.5 Å². The van der Waals surface area contributed by atoms with Crippen LogP contribution in [0.1, 0.15) is 46.1 Å². The first kappa shape index (κ1) is 14.9. The molecule has 2 N–H and O–H groups in total. The van der Waals surface area contributed by atoms with E-state index in [0.717, 1.165) is 19.0 Å². The van der Waals surface area contributed by atoms with Crippen molar-refractivity contribution in [2.75, 3.05) is 13.1 Å². The van der Waals surface area contributed by atoms with E-state index in [0.29, 0.717) is 0 Å². The van der Waals surface area contributed by atoms with E-state index in [1.807, 2.05) is 0 Å². The van der Waals surface area contributed by atoms with Gasteiger partial charge in [0.05, 0.1) is 6.54 Å². The summed E-state index contributed by atoms with van der Waals surface area (Å²) in [5.74, 6) is 0.919. The predicted octanol–water partition coefficient (Wildman–Crippen LogP) is 3.07. The van der Waals surface area contributed by atoms with Gasteiger partial charge in [0.15, 0.2) is 5.96 Å². The topological polar surface area (TPSA) is 36.4 Å². The fourth-order valence-electron chi connectivity index (χ4n) is 2.37. The molecule has 0 radical (unpaired) electrons. The van der Waals surface area contributed by atoms with Crippen LogP contribution in [0, 0.1) is 0 Å². The van der Waals surface area contributed by atoms with Gasteiger partial charge in [-0.2, -0.15) is 0 Å². The minimum absolute atomic E-state index is 0.0322. The molecule has 0 unspecified atom stereocenters. The van der Waals surface area contributed by atoms with Crippen molar-refractivity contribution in [3.8, 4) is 0 Å². The molecular weight excluding hydrogens is 246 g/mol. The van der Waals surface area contributed by atoms with E-state index in [9.17, 15) is 0 Å². The third kappa shape index (κ3) is 3.99. The maximum absolute atomic E-state index is 4.80. The second kappa shape index (κ2) is 5.86. The molecule has 1 fully saturated rings. The normalized spacial score (nSPS) is 17.7. The number of aliphatic imine (C=N–C) groups is 1. The predicted molar refractivity (Wildman–Crippen MR) is 86.2 cm³/mol. The second-order valence-electron chi connectivity index (χ2n) is 6.72. The number of guanidine groups is 1. The molecule has 0 saturated heterocycles. The summed E-state index contributed by atoms with van der Waals surface area (Å²) in [7, 11) is 0. The van der Waals surface area contributed by atoms with Gasteiger partial charge in [0.2, 0.25) is 0 Å². The Morgan fingerprint density at radius 2 is 1.85 bits per heavy atom. The van der Waals surface area contributed by atoms with Gasteiger partial charge in [-0.25, -0.2) is 0 Å². The number of benzene rings is 1. The van der Waals surface area contributed by atoms with Gasteiger partial charge < -0.3 is 10.6 Å². The Bertz CT molecular complexity index is 453. The molecule has 20 heavy (non-hydrogen) atoms. The summed E-state index contributed by atoms with van der Waals surface area (Å²) in [6.07, 6.45) is 2.49. The van der Waals surface area contributed by atoms with Crippen LogP contribution < -0.4 is 10.6 Å². The fourth-order valence-corrected chi connectivity index (χ4v) is 2.37. The van der Waals surface area contributed by atoms with Crippen molar-refractivity contribution in [2.45, 2.75) is 51.5 Å². The minimum atomic E-state index is 0.0322. The van der Waals surface area contributed by atoms with Gasteiger partial charge in [-0.1, -0.05) is 30.3 Å². The monoisotopic (exact) mass is 273 g/mol. The molecule has 0 atom stereocenters. The van der Waals surface area contributed by atoms with Crippen LogP contribution in [0.5, 0.6) is 0 Å². The largest absolute Gasteiger partial charge is 0.357 e. The molecule has 1 aliphatic carbocycles. The lowest BCUT2D eigenvalue weighted by Gasteiger charge is -2.24. The van der Waals surface area contributed by atoms with E-state index in [2.05, 4.69) is 68.7 Å². The van der Waals surface area contributed by atoms with Crippen molar-refractivity contribution in [3.05, 3.63) is 35.9 Å². The summed E-state index contributed by atoms with van der Waals surface area (Å²) in [4.78, 5) is 4.80. The van der Waals surface area contributed by atoms with E-state index < -0.39 is 0 Å². The molecule has 110 valence electrons. The van der Waals surface area contributed by atoms with Crippen LogP contribution in [0.25, 0.3) is 0 Å². The summed E-state index contributed by atoms with van der Waals surface area (Å²) in [5.41, 5.74) is 1.74. The molecule has 2 rings (SSSR count). The van der Waals surface area contributed by atoms with Crippen molar-refractivity contribution < 1.29 is 0 Å². The maximum Gasteiger partial charge on any atom is 0.191 e. The minimum Gasteiger partial charge on any atom is -0.357 e. The summed E-state index contributed by atoms with van der Waals surface area (Å²) < 4.78 is 0. The molecule has 0 aromatic heterocycles. The highest BCUT2D eigenvalue weighted by molar-refractivity contribution is 5.80. The van der Waals surface area contributed by atoms with Crippen LogP contribution in [-0.4, -0.2) is 24.6 Å². The van der Waals surface area contributed by atoms with Crippen LogP contribution in [0.2, 0.25) is 0 Å². The number of hydrogen-bond donors (Lipinski definition) is 2. The highest BCUT2D eigenvalue weighted by atomic mass is 15.2. The zero-order valence-electron chi connectivity index (χ0n) is 13.2. The molecule has 3 heteroatoms. The van der Waals surface area contributed by atoms with Gasteiger partial charge in [0.25, 0.3) is 0 Å². The standard InChI is InChI=1S/C17H27N3/c1-5-18-15(20-16(2,3)4)19-13-17(11-12-17)14-9-7-6-8-10-14/h6-10H,5,11-13H2,1-4H3,(H2,18,19,20). The first-order valence-electron chi connectivity index (χ1n) is 7.57. The Labute approximate surface area is 122 Å². The average molecular weight is 273 g/mol. The molecule has 0 heterocycles. The molecule has 3 nitrogen and oxygen atoms in total. The SMILES string of the molecule is CCNC(=NCC1(c2ccccc2)CC1)NC(C)(C)C. The zero-order chi connectivity index (χ0) is 14.6. The molecule has 1 aromatic rings. The molecule has 0 spiro atoms. The smallest absolute Gasteiger partial charge is 0.191 e. The zero-order valence-corrected chi connectivity index (χ0v) is 13.2. The van der Waals surface area contributed by atoms with Gasteiger partial charge in [-0.15, -0.1) is 0 Å². The van der Waals surface area contributed by atoms with E-state index in [1.54, 1.807) is 0 Å². The van der Waals surface area contributed by atoms with Crippen molar-refractivity contribution in [1.82, 2.24) is 10.6 Å². The molecule has 0 aliphatic heterocycles. The van der Waals surface area contributed by atoms with Gasteiger partial charge in [-0.3, -0.25) is 4.99 Å². The summed E-state index contributed by atoms with van der Waals surface area (Å²) in [6.45, 7) is 10.3. The average Bonchev–Trinajstić information content (AvgIpc) is 3.17. The van der Waals surface area contributed by atoms with E-state index in [-0.39, 0.29) is 11.0 Å². The third-order valence-corrected chi connectivity index (χ3v) is 3.62. The summed E-state index contributed by atoms with van der Waals surface area (Å²) in [6, 6.07) is 10.8. The second-order valence-corrected chi connectivity index (χ2v) is 6.72. The van der Waals surface area contributed by atoms with E-state index >= 15 is 0 Å². The van der Waals surface area contributed by atoms with E-state index in [1.165, 1.54) is 18.4 Å². The number of nitrogens with one attached hydrogen (secondary N) is 2. The Hall–Kier alpha value is -1.51. The molecule has 1 saturated carbocycles. The number of nitrogens with zero attached hydrogens (tertiary/aromatic N) is 1. The summed E-state index contributed by atoms with van der Waals surface area (Å²) in [5, 5.41) is 6.78. The lowest BCUT2D eigenvalue weighted by molar-refractivity contribution is 0.500. The lowest BCUT2D eigenvalue weighted by Crippen LogP contribution is -2.47. The summed E-state index contributed by atoms with van der Waals surface area (Å²) >= 11 is 0. The highest BCUT2D eigenvalue weighted by Crippen LogP contribution is 2.48. The van der Waals surface area contributed by atoms with Crippen LogP contribution in [0.15, 0.2) is 35.3 Å². The Morgan fingerprint density at radius 1 is 1.20 bits per heavy atom. The molecule has 1 aliphatic rings. The Morgan fingerprint density at radius 3 is 2.35 bits per heavy atom. The van der Waals surface area contributed by atoms with Crippen molar-refractivity contribution >= 4 is 5.96 Å². The van der Waals surface area contributed by atoms with Crippen LogP contribution in [-0.2, 0) is 5.41 Å². The highest BCUT2D eigenvalue weighted by Gasteiger charge is 2.44. The molecule has 1 aromatic carbocycles. The van der Waals surface area contributed by atoms with Crippen molar-refractivity contribution in [2.24, 2.45) is 4.99 Å². The van der Waals surface area contributed by atoms with Crippen LogP contribution in [0.3, 0.4) is 0 Å². The first-order chi connectivity index (χ1) is 9.45. The van der Waals surface area contributed by atoms with Crippen molar-refractivity contribution in [1.29, 1.82) is 0 Å². The molecular formula is C17H27N3. The van der Waals surface area contributed by atoms with E-state index in [4.69, 9.17) is 4.99 Å². The maximum atomic E-state index is 4.80. The lowest BCUT2D eigenvalue weighted by atomic mass is 9.96. The molecule has 0 amide bonds. The first-order valence-corrected chi connectivity index (χ1v) is 7.57. The van der Waals surface area contributed by atoms with Crippen molar-refractivity contribution in [3.63, 3.8) is 0 Å². The number of hydrogen-bond acceptors (Lipinski definition) is 1. The van der Waals surface area contributed by atoms with Crippen LogP contribution >= 0.6 is 0 Å². The molecule has 0 bridgehead atoms. The fraction of sp³-hybridized carbons (Fsp3) is 0.588. The Kier molecular flexibility index (Phi) is 4.36. The number of rotatable bonds is 4. The van der Waals surface area contributed by atoms with Gasteiger partial charge in [-0.05, 0) is 46.1 Å². The quantitative estimate of drug-likeness (QED) is 0.653. The van der Waals surface area contributed by atoms with Crippen LogP contribution in [0.4, 0.5) is 0 Å².